The Morgan fingerprint density at radius 1 is 1.00 bits per heavy atom. The molecule has 0 aliphatic carbocycles. The van der Waals surface area contributed by atoms with E-state index in [4.69, 9.17) is 0 Å². The van der Waals surface area contributed by atoms with Crippen molar-refractivity contribution in [2.24, 2.45) is 0 Å². The fourth-order valence-electron chi connectivity index (χ4n) is 2.69. The van der Waals surface area contributed by atoms with Crippen molar-refractivity contribution in [2.75, 3.05) is 23.4 Å². The summed E-state index contributed by atoms with van der Waals surface area (Å²) in [7, 11) is 0. The first kappa shape index (κ1) is 19.0. The second kappa shape index (κ2) is 9.23. The number of amides is 2. The van der Waals surface area contributed by atoms with Crippen LogP contribution in [-0.4, -0.2) is 34.8 Å². The number of anilines is 1. The van der Waals surface area contributed by atoms with Crippen LogP contribution >= 0.6 is 11.8 Å². The van der Waals surface area contributed by atoms with Crippen LogP contribution in [-0.2, 0) is 16.0 Å². The largest absolute Gasteiger partial charge is 0.361 e. The molecule has 1 heterocycles. The molecule has 2 amide bonds. The maximum Gasteiger partial charge on any atom is 0.234 e. The zero-order chi connectivity index (χ0) is 19.1. The van der Waals surface area contributed by atoms with Crippen LogP contribution in [0.4, 0.5) is 10.1 Å². The summed E-state index contributed by atoms with van der Waals surface area (Å²) in [6.07, 6.45) is 2.71. The lowest BCUT2D eigenvalue weighted by atomic mass is 10.1. The number of para-hydroxylation sites is 1. The zero-order valence-electron chi connectivity index (χ0n) is 14.6. The second-order valence-electron chi connectivity index (χ2n) is 6.01. The summed E-state index contributed by atoms with van der Waals surface area (Å²) in [6.45, 7) is 0.545. The number of aromatic nitrogens is 1. The number of hydrogen-bond acceptors (Lipinski definition) is 3. The average molecular weight is 385 g/mol. The Bertz CT molecular complexity index is 924. The molecule has 0 bridgehead atoms. The highest BCUT2D eigenvalue weighted by molar-refractivity contribution is 8.00. The standard InChI is InChI=1S/C20H20FN3O2S/c21-15-5-7-16(8-6-15)24-20(26)13-27-12-19(25)22-10-9-14-11-23-18-4-2-1-3-17(14)18/h1-8,11,23H,9-10,12-13H2,(H,22,25)(H,24,26). The van der Waals surface area contributed by atoms with Gasteiger partial charge in [0.2, 0.25) is 11.8 Å². The van der Waals surface area contributed by atoms with Crippen LogP contribution in [0.25, 0.3) is 10.9 Å². The SMILES string of the molecule is O=C(CSCC(=O)Nc1ccc(F)cc1)NCCc1c[nH]c2ccccc12. The van der Waals surface area contributed by atoms with Crippen LogP contribution < -0.4 is 10.6 Å². The molecule has 0 aliphatic rings. The van der Waals surface area contributed by atoms with E-state index in [0.29, 0.717) is 12.2 Å². The van der Waals surface area contributed by atoms with Gasteiger partial charge in [0.25, 0.3) is 0 Å². The fraction of sp³-hybridized carbons (Fsp3) is 0.200. The van der Waals surface area contributed by atoms with E-state index in [0.717, 1.165) is 17.5 Å². The van der Waals surface area contributed by atoms with E-state index >= 15 is 0 Å². The van der Waals surface area contributed by atoms with Crippen molar-refractivity contribution in [3.63, 3.8) is 0 Å². The van der Waals surface area contributed by atoms with Gasteiger partial charge in [0.05, 0.1) is 11.5 Å². The molecule has 0 atom stereocenters. The first-order valence-electron chi connectivity index (χ1n) is 8.56. The van der Waals surface area contributed by atoms with Crippen molar-refractivity contribution in [2.45, 2.75) is 6.42 Å². The molecule has 3 aromatic rings. The Morgan fingerprint density at radius 3 is 2.56 bits per heavy atom. The Kier molecular flexibility index (Phi) is 6.49. The topological polar surface area (TPSA) is 74.0 Å². The quantitative estimate of drug-likeness (QED) is 0.557. The molecule has 7 heteroatoms. The normalized spacial score (nSPS) is 10.7. The Balaban J connectivity index is 1.33. The number of benzene rings is 2. The highest BCUT2D eigenvalue weighted by Gasteiger charge is 2.07. The molecular weight excluding hydrogens is 365 g/mol. The number of thioether (sulfide) groups is 1. The molecule has 0 aliphatic heterocycles. The number of rotatable bonds is 8. The molecule has 3 rings (SSSR count). The molecule has 140 valence electrons. The van der Waals surface area contributed by atoms with Gasteiger partial charge >= 0.3 is 0 Å². The first-order valence-corrected chi connectivity index (χ1v) is 9.72. The van der Waals surface area contributed by atoms with Gasteiger partial charge < -0.3 is 15.6 Å². The summed E-state index contributed by atoms with van der Waals surface area (Å²) in [5, 5.41) is 6.69. The monoisotopic (exact) mass is 385 g/mol. The molecule has 0 saturated heterocycles. The molecule has 2 aromatic carbocycles. The van der Waals surface area contributed by atoms with E-state index in [1.54, 1.807) is 0 Å². The van der Waals surface area contributed by atoms with Crippen LogP contribution in [0.5, 0.6) is 0 Å². The van der Waals surface area contributed by atoms with E-state index in [-0.39, 0.29) is 29.1 Å². The van der Waals surface area contributed by atoms with E-state index in [2.05, 4.69) is 21.7 Å². The summed E-state index contributed by atoms with van der Waals surface area (Å²) >= 11 is 1.24. The van der Waals surface area contributed by atoms with Crippen LogP contribution in [0.3, 0.4) is 0 Å². The molecule has 1 aromatic heterocycles. The number of hydrogen-bond donors (Lipinski definition) is 3. The van der Waals surface area contributed by atoms with Gasteiger partial charge in [0.15, 0.2) is 0 Å². The molecule has 0 fully saturated rings. The lowest BCUT2D eigenvalue weighted by Gasteiger charge is -2.06. The van der Waals surface area contributed by atoms with Gasteiger partial charge in [0.1, 0.15) is 5.82 Å². The third-order valence-corrected chi connectivity index (χ3v) is 4.92. The summed E-state index contributed by atoms with van der Waals surface area (Å²) in [5.74, 6) is -0.308. The average Bonchev–Trinajstić information content (AvgIpc) is 3.07. The smallest absolute Gasteiger partial charge is 0.234 e. The van der Waals surface area contributed by atoms with Gasteiger partial charge in [-0.3, -0.25) is 9.59 Å². The van der Waals surface area contributed by atoms with Crippen LogP contribution in [0.15, 0.2) is 54.7 Å². The minimum Gasteiger partial charge on any atom is -0.361 e. The highest BCUT2D eigenvalue weighted by Crippen LogP contribution is 2.17. The van der Waals surface area contributed by atoms with Crippen molar-refractivity contribution in [3.05, 3.63) is 66.1 Å². The van der Waals surface area contributed by atoms with E-state index in [1.165, 1.54) is 41.4 Å². The second-order valence-corrected chi connectivity index (χ2v) is 6.99. The van der Waals surface area contributed by atoms with E-state index in [1.807, 2.05) is 24.4 Å². The van der Waals surface area contributed by atoms with Gasteiger partial charge in [-0.15, -0.1) is 11.8 Å². The van der Waals surface area contributed by atoms with Crippen molar-refractivity contribution in [3.8, 4) is 0 Å². The van der Waals surface area contributed by atoms with Crippen molar-refractivity contribution < 1.29 is 14.0 Å². The molecule has 0 radical (unpaired) electrons. The van der Waals surface area contributed by atoms with Gasteiger partial charge in [0, 0.05) is 29.3 Å². The minimum atomic E-state index is -0.355. The van der Waals surface area contributed by atoms with Crippen LogP contribution in [0.2, 0.25) is 0 Å². The van der Waals surface area contributed by atoms with Gasteiger partial charge in [-0.05, 0) is 42.3 Å². The minimum absolute atomic E-state index is 0.102. The van der Waals surface area contributed by atoms with Gasteiger partial charge in [-0.2, -0.15) is 0 Å². The highest BCUT2D eigenvalue weighted by atomic mass is 32.2. The lowest BCUT2D eigenvalue weighted by molar-refractivity contribution is -0.118. The molecule has 3 N–H and O–H groups in total. The number of carbonyl (C=O) groups excluding carboxylic acids is 2. The number of H-pyrrole nitrogens is 1. The van der Waals surface area contributed by atoms with E-state index in [9.17, 15) is 14.0 Å². The van der Waals surface area contributed by atoms with Crippen LogP contribution in [0, 0.1) is 5.82 Å². The maximum atomic E-state index is 12.8. The lowest BCUT2D eigenvalue weighted by Crippen LogP contribution is -2.28. The predicted octanol–water partition coefficient (Wildman–Crippen LogP) is 3.34. The van der Waals surface area contributed by atoms with Crippen LogP contribution in [0.1, 0.15) is 5.56 Å². The third-order valence-electron chi connectivity index (χ3n) is 3.99. The summed E-state index contributed by atoms with van der Waals surface area (Å²) in [4.78, 5) is 26.9. The third kappa shape index (κ3) is 5.59. The molecule has 0 saturated carbocycles. The van der Waals surface area contributed by atoms with E-state index < -0.39 is 0 Å². The zero-order valence-corrected chi connectivity index (χ0v) is 15.4. The Morgan fingerprint density at radius 2 is 1.74 bits per heavy atom. The summed E-state index contributed by atoms with van der Waals surface area (Å²) in [6, 6.07) is 13.6. The molecule has 0 unspecified atom stereocenters. The number of halogens is 1. The summed E-state index contributed by atoms with van der Waals surface area (Å²) in [5.41, 5.74) is 2.78. The van der Waals surface area contributed by atoms with Crippen molar-refractivity contribution >= 4 is 40.2 Å². The Labute approximate surface area is 160 Å². The number of fused-ring (bicyclic) bond motifs is 1. The molecule has 5 nitrogen and oxygen atoms in total. The molecular formula is C20H20FN3O2S. The Hall–Kier alpha value is -2.80. The number of aromatic amines is 1. The number of nitrogens with one attached hydrogen (secondary N) is 3. The maximum absolute atomic E-state index is 12.8. The van der Waals surface area contributed by atoms with Crippen molar-refractivity contribution in [1.29, 1.82) is 0 Å². The first-order chi connectivity index (χ1) is 13.1. The fourth-order valence-corrected chi connectivity index (χ4v) is 3.34. The molecule has 27 heavy (non-hydrogen) atoms. The number of carbonyl (C=O) groups is 2. The van der Waals surface area contributed by atoms with Crippen molar-refractivity contribution in [1.82, 2.24) is 10.3 Å². The molecule has 0 spiro atoms. The summed E-state index contributed by atoms with van der Waals surface area (Å²) < 4.78 is 12.8. The van der Waals surface area contributed by atoms with Gasteiger partial charge in [-0.1, -0.05) is 18.2 Å². The van der Waals surface area contributed by atoms with Gasteiger partial charge in [-0.25, -0.2) is 4.39 Å². The predicted molar refractivity (Wildman–Crippen MR) is 107 cm³/mol.